The normalized spacial score (nSPS) is 14.2. The lowest BCUT2D eigenvalue weighted by Gasteiger charge is -2.02. The highest BCUT2D eigenvalue weighted by atomic mass is 16.5. The molecule has 0 aromatic carbocycles. The van der Waals surface area contributed by atoms with E-state index in [4.69, 9.17) is 4.52 Å². The van der Waals surface area contributed by atoms with E-state index in [1.807, 2.05) is 0 Å². The molecule has 1 aliphatic rings. The molecule has 0 aliphatic heterocycles. The topological polar surface area (TPSA) is 93.8 Å². The van der Waals surface area contributed by atoms with Gasteiger partial charge in [0.15, 0.2) is 5.82 Å². The van der Waals surface area contributed by atoms with Crippen LogP contribution in [-0.2, 0) is 6.42 Å². The first kappa shape index (κ1) is 12.7. The molecule has 0 bridgehead atoms. The van der Waals surface area contributed by atoms with Gasteiger partial charge in [0, 0.05) is 31.3 Å². The molecule has 1 aliphatic carbocycles. The Bertz CT molecular complexity index is 603. The maximum absolute atomic E-state index is 11.8. The fraction of sp³-hybridized carbons (Fsp3) is 0.462. The van der Waals surface area contributed by atoms with E-state index < -0.39 is 0 Å². The molecule has 20 heavy (non-hydrogen) atoms. The number of rotatable bonds is 5. The third-order valence-electron chi connectivity index (χ3n) is 3.09. The van der Waals surface area contributed by atoms with Crippen LogP contribution in [-0.4, -0.2) is 32.6 Å². The lowest BCUT2D eigenvalue weighted by atomic mass is 10.3. The van der Waals surface area contributed by atoms with Gasteiger partial charge in [-0.05, 0) is 19.8 Å². The van der Waals surface area contributed by atoms with Gasteiger partial charge in [0.05, 0.1) is 5.56 Å². The van der Waals surface area contributed by atoms with Crippen molar-refractivity contribution in [3.8, 4) is 0 Å². The summed E-state index contributed by atoms with van der Waals surface area (Å²) in [6.07, 6.45) is 5.83. The van der Waals surface area contributed by atoms with Crippen LogP contribution in [0.1, 0.15) is 46.7 Å². The van der Waals surface area contributed by atoms with Crippen molar-refractivity contribution in [1.29, 1.82) is 0 Å². The Morgan fingerprint density at radius 2 is 2.15 bits per heavy atom. The molecule has 0 unspecified atom stereocenters. The second kappa shape index (κ2) is 5.36. The van der Waals surface area contributed by atoms with Crippen LogP contribution in [0.4, 0.5) is 0 Å². The Morgan fingerprint density at radius 3 is 2.85 bits per heavy atom. The van der Waals surface area contributed by atoms with Gasteiger partial charge in [-0.25, -0.2) is 9.97 Å². The fourth-order valence-electron chi connectivity index (χ4n) is 1.77. The highest BCUT2D eigenvalue weighted by molar-refractivity contribution is 5.93. The lowest BCUT2D eigenvalue weighted by Crippen LogP contribution is -2.26. The second-order valence-electron chi connectivity index (χ2n) is 4.85. The Hall–Kier alpha value is -2.31. The van der Waals surface area contributed by atoms with Gasteiger partial charge in [-0.3, -0.25) is 4.79 Å². The fourth-order valence-corrected chi connectivity index (χ4v) is 1.77. The first-order valence-electron chi connectivity index (χ1n) is 6.61. The molecule has 0 radical (unpaired) electrons. The van der Waals surface area contributed by atoms with E-state index >= 15 is 0 Å². The van der Waals surface area contributed by atoms with E-state index in [1.165, 1.54) is 12.4 Å². The van der Waals surface area contributed by atoms with Crippen LogP contribution in [0.2, 0.25) is 0 Å². The molecule has 7 nitrogen and oxygen atoms in total. The predicted molar refractivity (Wildman–Crippen MR) is 69.1 cm³/mol. The number of hydrogen-bond acceptors (Lipinski definition) is 6. The minimum Gasteiger partial charge on any atom is -0.351 e. The number of aromatic nitrogens is 4. The van der Waals surface area contributed by atoms with Gasteiger partial charge in [-0.2, -0.15) is 4.98 Å². The smallest absolute Gasteiger partial charge is 0.254 e. The molecular formula is C13H15N5O2. The standard InChI is InChI=1S/C13H15N5O2/c1-8-15-6-10(7-16-8)13(19)14-5-4-11-17-12(18-20-11)9-2-3-9/h6-7,9H,2-5H2,1H3,(H,14,19). The van der Waals surface area contributed by atoms with Crippen LogP contribution < -0.4 is 5.32 Å². The van der Waals surface area contributed by atoms with E-state index in [0.717, 1.165) is 18.7 Å². The molecule has 0 saturated heterocycles. The van der Waals surface area contributed by atoms with Crippen molar-refractivity contribution in [1.82, 2.24) is 25.4 Å². The molecule has 1 saturated carbocycles. The summed E-state index contributed by atoms with van der Waals surface area (Å²) in [6, 6.07) is 0. The number of carbonyl (C=O) groups excluding carboxylic acids is 1. The Balaban J connectivity index is 1.48. The van der Waals surface area contributed by atoms with E-state index in [9.17, 15) is 4.79 Å². The highest BCUT2D eigenvalue weighted by Gasteiger charge is 2.28. The first-order chi connectivity index (χ1) is 9.72. The minimum absolute atomic E-state index is 0.202. The molecule has 2 heterocycles. The number of hydrogen-bond donors (Lipinski definition) is 1. The van der Waals surface area contributed by atoms with Gasteiger partial charge >= 0.3 is 0 Å². The van der Waals surface area contributed by atoms with Gasteiger partial charge < -0.3 is 9.84 Å². The Morgan fingerprint density at radius 1 is 1.40 bits per heavy atom. The maximum atomic E-state index is 11.8. The zero-order valence-corrected chi connectivity index (χ0v) is 11.2. The molecule has 2 aromatic heterocycles. The van der Waals surface area contributed by atoms with Crippen LogP contribution in [0.15, 0.2) is 16.9 Å². The SMILES string of the molecule is Cc1ncc(C(=O)NCCc2nc(C3CC3)no2)cn1. The average molecular weight is 273 g/mol. The van der Waals surface area contributed by atoms with Gasteiger partial charge in [0.25, 0.3) is 5.91 Å². The number of carbonyl (C=O) groups is 1. The molecule has 1 fully saturated rings. The van der Waals surface area contributed by atoms with Crippen LogP contribution in [0, 0.1) is 6.92 Å². The molecule has 0 atom stereocenters. The highest BCUT2D eigenvalue weighted by Crippen LogP contribution is 2.38. The van der Waals surface area contributed by atoms with Crippen molar-refractivity contribution < 1.29 is 9.32 Å². The average Bonchev–Trinajstić information content (AvgIpc) is 3.20. The van der Waals surface area contributed by atoms with Gasteiger partial charge in [-0.1, -0.05) is 5.16 Å². The summed E-state index contributed by atoms with van der Waals surface area (Å²) in [4.78, 5) is 24.1. The molecule has 3 rings (SSSR count). The summed E-state index contributed by atoms with van der Waals surface area (Å²) in [6.45, 7) is 2.22. The van der Waals surface area contributed by atoms with Gasteiger partial charge in [0.1, 0.15) is 5.82 Å². The number of nitrogens with zero attached hydrogens (tertiary/aromatic N) is 4. The zero-order chi connectivity index (χ0) is 13.9. The number of nitrogens with one attached hydrogen (secondary N) is 1. The largest absolute Gasteiger partial charge is 0.351 e. The molecule has 1 N–H and O–H groups in total. The second-order valence-corrected chi connectivity index (χ2v) is 4.85. The van der Waals surface area contributed by atoms with Crippen LogP contribution in [0.5, 0.6) is 0 Å². The summed E-state index contributed by atoms with van der Waals surface area (Å²) >= 11 is 0. The monoisotopic (exact) mass is 273 g/mol. The molecule has 7 heteroatoms. The van der Waals surface area contributed by atoms with Crippen molar-refractivity contribution in [2.75, 3.05) is 6.54 Å². The van der Waals surface area contributed by atoms with Crippen molar-refractivity contribution in [2.45, 2.75) is 32.1 Å². The Labute approximate surface area is 115 Å². The van der Waals surface area contributed by atoms with Crippen molar-refractivity contribution in [3.63, 3.8) is 0 Å². The van der Waals surface area contributed by atoms with Gasteiger partial charge in [0.2, 0.25) is 5.89 Å². The summed E-state index contributed by atoms with van der Waals surface area (Å²) in [5, 5.41) is 6.70. The Kier molecular flexibility index (Phi) is 3.41. The van der Waals surface area contributed by atoms with E-state index in [2.05, 4.69) is 25.4 Å². The van der Waals surface area contributed by atoms with Crippen LogP contribution in [0.25, 0.3) is 0 Å². The van der Waals surface area contributed by atoms with E-state index in [0.29, 0.717) is 36.2 Å². The molecule has 0 spiro atoms. The third kappa shape index (κ3) is 2.98. The first-order valence-corrected chi connectivity index (χ1v) is 6.61. The van der Waals surface area contributed by atoms with Crippen LogP contribution in [0.3, 0.4) is 0 Å². The van der Waals surface area contributed by atoms with Crippen LogP contribution >= 0.6 is 0 Å². The quantitative estimate of drug-likeness (QED) is 0.874. The summed E-state index contributed by atoms with van der Waals surface area (Å²) < 4.78 is 5.13. The molecular weight excluding hydrogens is 258 g/mol. The van der Waals surface area contributed by atoms with E-state index in [1.54, 1.807) is 6.92 Å². The van der Waals surface area contributed by atoms with Crippen molar-refractivity contribution >= 4 is 5.91 Å². The van der Waals surface area contributed by atoms with Crippen molar-refractivity contribution in [2.24, 2.45) is 0 Å². The predicted octanol–water partition coefficient (Wildman–Crippen LogP) is 1.02. The van der Waals surface area contributed by atoms with E-state index in [-0.39, 0.29) is 5.91 Å². The molecule has 104 valence electrons. The molecule has 2 aromatic rings. The summed E-state index contributed by atoms with van der Waals surface area (Å²) in [5.41, 5.74) is 0.444. The number of amides is 1. The minimum atomic E-state index is -0.202. The third-order valence-corrected chi connectivity index (χ3v) is 3.09. The summed E-state index contributed by atoms with van der Waals surface area (Å²) in [5.74, 6) is 2.27. The summed E-state index contributed by atoms with van der Waals surface area (Å²) in [7, 11) is 0. The molecule has 1 amide bonds. The zero-order valence-electron chi connectivity index (χ0n) is 11.2. The van der Waals surface area contributed by atoms with Crippen molar-refractivity contribution in [3.05, 3.63) is 35.5 Å². The number of aryl methyl sites for hydroxylation is 1. The lowest BCUT2D eigenvalue weighted by molar-refractivity contribution is 0.0952. The van der Waals surface area contributed by atoms with Gasteiger partial charge in [-0.15, -0.1) is 0 Å². The maximum Gasteiger partial charge on any atom is 0.254 e.